The number of anilines is 1. The Kier molecular flexibility index (Phi) is 5.30. The summed E-state index contributed by atoms with van der Waals surface area (Å²) in [5.41, 5.74) is 3.04. The third-order valence-electron chi connectivity index (χ3n) is 3.00. The van der Waals surface area contributed by atoms with Gasteiger partial charge in [-0.05, 0) is 37.5 Å². The van der Waals surface area contributed by atoms with Gasteiger partial charge in [0.25, 0.3) is 0 Å². The minimum atomic E-state index is 0.561. The van der Waals surface area contributed by atoms with Crippen molar-refractivity contribution in [1.29, 1.82) is 5.26 Å². The molecular weight excluding hydrogens is 248 g/mol. The monoisotopic (exact) mass is 266 g/mol. The van der Waals surface area contributed by atoms with Crippen molar-refractivity contribution in [3.05, 3.63) is 22.2 Å². The van der Waals surface area contributed by atoms with Crippen LogP contribution >= 0.6 is 11.6 Å². The summed E-state index contributed by atoms with van der Waals surface area (Å²) in [6, 6.07) is 4.10. The molecule has 4 heteroatoms. The predicted octanol–water partition coefficient (Wildman–Crippen LogP) is 3.71. The molecule has 0 radical (unpaired) electrons. The lowest BCUT2D eigenvalue weighted by Crippen LogP contribution is -2.20. The van der Waals surface area contributed by atoms with Crippen LogP contribution in [0, 0.1) is 25.2 Å². The maximum Gasteiger partial charge on any atom is 0.142 e. The third kappa shape index (κ3) is 3.08. The number of halogens is 1. The average molecular weight is 267 g/mol. The van der Waals surface area contributed by atoms with Gasteiger partial charge >= 0.3 is 0 Å². The van der Waals surface area contributed by atoms with E-state index in [1.165, 1.54) is 0 Å². The Balaban J connectivity index is 3.06. The molecule has 0 N–H and O–H groups in total. The lowest BCUT2D eigenvalue weighted by Gasteiger charge is -2.25. The first-order valence-corrected chi connectivity index (χ1v) is 6.32. The number of aryl methyl sites for hydroxylation is 1. The van der Waals surface area contributed by atoms with Crippen molar-refractivity contribution in [2.24, 2.45) is 0 Å². The van der Waals surface area contributed by atoms with E-state index in [0.717, 1.165) is 40.6 Å². The highest BCUT2D eigenvalue weighted by Crippen LogP contribution is 2.37. The molecule has 0 aromatic heterocycles. The predicted molar refractivity (Wildman–Crippen MR) is 75.6 cm³/mol. The quantitative estimate of drug-likeness (QED) is 0.763. The molecule has 0 spiro atoms. The largest absolute Gasteiger partial charge is 0.495 e. The molecule has 3 nitrogen and oxygen atoms in total. The first-order valence-electron chi connectivity index (χ1n) is 5.94. The lowest BCUT2D eigenvalue weighted by atomic mass is 10.1. The molecule has 0 aliphatic heterocycles. The van der Waals surface area contributed by atoms with Crippen molar-refractivity contribution >= 4 is 17.3 Å². The summed E-state index contributed by atoms with van der Waals surface area (Å²) in [6.45, 7) is 4.77. The van der Waals surface area contributed by atoms with E-state index < -0.39 is 0 Å². The Labute approximate surface area is 114 Å². The van der Waals surface area contributed by atoms with Crippen molar-refractivity contribution in [1.82, 2.24) is 0 Å². The normalized spacial score (nSPS) is 10.0. The summed E-state index contributed by atoms with van der Waals surface area (Å²) < 4.78 is 5.42. The third-order valence-corrected chi connectivity index (χ3v) is 3.58. The zero-order valence-corrected chi connectivity index (χ0v) is 12.1. The second kappa shape index (κ2) is 6.51. The van der Waals surface area contributed by atoms with Crippen molar-refractivity contribution in [3.8, 4) is 11.8 Å². The highest BCUT2D eigenvalue weighted by Gasteiger charge is 2.15. The van der Waals surface area contributed by atoms with Crippen molar-refractivity contribution in [2.75, 3.05) is 25.6 Å². The fourth-order valence-corrected chi connectivity index (χ4v) is 2.19. The molecule has 0 aliphatic carbocycles. The Morgan fingerprint density at radius 1 is 1.44 bits per heavy atom. The van der Waals surface area contributed by atoms with E-state index in [1.54, 1.807) is 7.11 Å². The van der Waals surface area contributed by atoms with Gasteiger partial charge in [0.05, 0.1) is 18.9 Å². The number of rotatable bonds is 5. The first-order chi connectivity index (χ1) is 8.52. The topological polar surface area (TPSA) is 36.3 Å². The van der Waals surface area contributed by atoms with Crippen LogP contribution in [0.4, 0.5) is 5.69 Å². The van der Waals surface area contributed by atoms with Gasteiger partial charge in [-0.25, -0.2) is 0 Å². The maximum atomic E-state index is 8.57. The second-order valence-electron chi connectivity index (χ2n) is 4.37. The summed E-state index contributed by atoms with van der Waals surface area (Å²) in [6.07, 6.45) is 1.40. The highest BCUT2D eigenvalue weighted by molar-refractivity contribution is 6.32. The van der Waals surface area contributed by atoms with Crippen LogP contribution in [-0.2, 0) is 0 Å². The Hall–Kier alpha value is -1.40. The van der Waals surface area contributed by atoms with E-state index in [0.29, 0.717) is 6.42 Å². The van der Waals surface area contributed by atoms with Gasteiger partial charge in [-0.3, -0.25) is 0 Å². The van der Waals surface area contributed by atoms with Crippen molar-refractivity contribution in [2.45, 2.75) is 26.7 Å². The molecule has 1 aromatic rings. The van der Waals surface area contributed by atoms with E-state index >= 15 is 0 Å². The fourth-order valence-electron chi connectivity index (χ4n) is 2.05. The van der Waals surface area contributed by atoms with E-state index in [9.17, 15) is 0 Å². The summed E-state index contributed by atoms with van der Waals surface area (Å²) in [5, 5.41) is 9.35. The fraction of sp³-hybridized carbons (Fsp3) is 0.500. The molecule has 0 atom stereocenters. The molecule has 1 aromatic carbocycles. The Morgan fingerprint density at radius 3 is 2.67 bits per heavy atom. The van der Waals surface area contributed by atoms with Crippen LogP contribution in [-0.4, -0.2) is 20.7 Å². The molecular formula is C14H19ClN2O. The highest BCUT2D eigenvalue weighted by atomic mass is 35.5. The van der Waals surface area contributed by atoms with Crippen LogP contribution in [0.5, 0.6) is 5.75 Å². The number of methoxy groups -OCH3 is 1. The molecule has 0 saturated heterocycles. The number of nitriles is 1. The summed E-state index contributed by atoms with van der Waals surface area (Å²) in [5.74, 6) is 0.828. The molecule has 0 unspecified atom stereocenters. The van der Waals surface area contributed by atoms with Crippen LogP contribution < -0.4 is 9.64 Å². The standard InChI is InChI=1S/C14H19ClN2O/c1-10-9-12(18-4)14(11(2)13(10)15)17(3)8-6-5-7-16/h9H,5-6,8H2,1-4H3. The number of benzene rings is 1. The van der Waals surface area contributed by atoms with Gasteiger partial charge in [0, 0.05) is 25.0 Å². The molecule has 98 valence electrons. The van der Waals surface area contributed by atoms with Gasteiger partial charge < -0.3 is 9.64 Å². The molecule has 0 aliphatic rings. The number of unbranched alkanes of at least 4 members (excludes halogenated alkanes) is 1. The van der Waals surface area contributed by atoms with Crippen LogP contribution in [0.2, 0.25) is 5.02 Å². The number of ether oxygens (including phenoxy) is 1. The van der Waals surface area contributed by atoms with E-state index in [1.807, 2.05) is 27.0 Å². The molecule has 0 saturated carbocycles. The number of hydrogen-bond acceptors (Lipinski definition) is 3. The van der Waals surface area contributed by atoms with Crippen LogP contribution in [0.1, 0.15) is 24.0 Å². The van der Waals surface area contributed by atoms with Crippen LogP contribution in [0.3, 0.4) is 0 Å². The average Bonchev–Trinajstić information content (AvgIpc) is 2.35. The molecule has 0 bridgehead atoms. The van der Waals surface area contributed by atoms with Crippen LogP contribution in [0.25, 0.3) is 0 Å². The second-order valence-corrected chi connectivity index (χ2v) is 4.74. The molecule has 0 heterocycles. The summed E-state index contributed by atoms with van der Waals surface area (Å²) in [7, 11) is 3.66. The summed E-state index contributed by atoms with van der Waals surface area (Å²) >= 11 is 6.28. The van der Waals surface area contributed by atoms with Gasteiger partial charge in [0.1, 0.15) is 5.75 Å². The number of nitrogens with zero attached hydrogens (tertiary/aromatic N) is 2. The minimum Gasteiger partial charge on any atom is -0.495 e. The van der Waals surface area contributed by atoms with Crippen LogP contribution in [0.15, 0.2) is 6.07 Å². The van der Waals surface area contributed by atoms with E-state index in [-0.39, 0.29) is 0 Å². The van der Waals surface area contributed by atoms with Gasteiger partial charge in [-0.2, -0.15) is 5.26 Å². The van der Waals surface area contributed by atoms with Gasteiger partial charge in [0.15, 0.2) is 0 Å². The molecule has 1 rings (SSSR count). The first kappa shape index (κ1) is 14.7. The maximum absolute atomic E-state index is 8.57. The van der Waals surface area contributed by atoms with Crippen molar-refractivity contribution in [3.63, 3.8) is 0 Å². The van der Waals surface area contributed by atoms with E-state index in [4.69, 9.17) is 21.6 Å². The zero-order chi connectivity index (χ0) is 13.7. The van der Waals surface area contributed by atoms with Crippen molar-refractivity contribution < 1.29 is 4.74 Å². The minimum absolute atomic E-state index is 0.561. The Bertz CT molecular complexity index is 466. The molecule has 18 heavy (non-hydrogen) atoms. The Morgan fingerprint density at radius 2 is 2.11 bits per heavy atom. The summed E-state index contributed by atoms with van der Waals surface area (Å²) in [4.78, 5) is 2.09. The lowest BCUT2D eigenvalue weighted by molar-refractivity contribution is 0.414. The molecule has 0 fully saturated rings. The SMILES string of the molecule is COc1cc(C)c(Cl)c(C)c1N(C)CCCC#N. The van der Waals surface area contributed by atoms with E-state index in [2.05, 4.69) is 11.0 Å². The zero-order valence-electron chi connectivity index (χ0n) is 11.4. The van der Waals surface area contributed by atoms with Gasteiger partial charge in [-0.1, -0.05) is 11.6 Å². The molecule has 0 amide bonds. The van der Waals surface area contributed by atoms with Gasteiger partial charge in [-0.15, -0.1) is 0 Å². The van der Waals surface area contributed by atoms with Gasteiger partial charge in [0.2, 0.25) is 0 Å². The number of hydrogen-bond donors (Lipinski definition) is 0. The smallest absolute Gasteiger partial charge is 0.142 e.